The lowest BCUT2D eigenvalue weighted by atomic mass is 9.99. The fraction of sp³-hybridized carbons (Fsp3) is 0.559. The van der Waals surface area contributed by atoms with E-state index in [1.54, 1.807) is 24.8 Å². The van der Waals surface area contributed by atoms with Gasteiger partial charge in [-0.2, -0.15) is 4.31 Å². The van der Waals surface area contributed by atoms with Crippen LogP contribution in [0.3, 0.4) is 0 Å². The zero-order chi connectivity index (χ0) is 35.9. The van der Waals surface area contributed by atoms with Crippen molar-refractivity contribution in [1.82, 2.24) is 18.8 Å². The topological polar surface area (TPSA) is 148 Å². The molecule has 0 radical (unpaired) electrons. The molecule has 3 aromatic rings. The first kappa shape index (κ1) is 36.1. The van der Waals surface area contributed by atoms with Crippen LogP contribution < -0.4 is 14.2 Å². The molecule has 7 rings (SSSR count). The normalized spacial score (nSPS) is 25.2. The number of nitrogens with zero attached hydrogens (tertiary/aromatic N) is 4. The van der Waals surface area contributed by atoms with Crippen molar-refractivity contribution < 1.29 is 46.4 Å². The Hall–Kier alpha value is -3.25. The Balaban J connectivity index is 1.16. The van der Waals surface area contributed by atoms with Gasteiger partial charge in [-0.05, 0) is 62.4 Å². The van der Waals surface area contributed by atoms with Crippen molar-refractivity contribution in [2.24, 2.45) is 11.8 Å². The fourth-order valence-electron chi connectivity index (χ4n) is 7.01. The lowest BCUT2D eigenvalue weighted by Gasteiger charge is -2.34. The number of fused-ring (bicyclic) bond motifs is 2. The van der Waals surface area contributed by atoms with Crippen LogP contribution in [0.1, 0.15) is 45.4 Å². The van der Waals surface area contributed by atoms with Crippen molar-refractivity contribution in [3.63, 3.8) is 0 Å². The van der Waals surface area contributed by atoms with Crippen LogP contribution in [-0.4, -0.2) is 96.7 Å². The molecule has 2 aromatic carbocycles. The van der Waals surface area contributed by atoms with Crippen LogP contribution >= 0.6 is 23.1 Å². The van der Waals surface area contributed by atoms with Gasteiger partial charge in [-0.3, -0.25) is 4.90 Å². The van der Waals surface area contributed by atoms with Gasteiger partial charge in [0.05, 0.1) is 36.2 Å². The SMILES string of the molecule is CC(C)CN(C[C@H]1OC(C)(C)N(C(=O)O[C@H]2CO[C@H]3OCCC32)[C@H]1Cc1ccc(OCc2nnsc2Cl)cc1)S(=O)(=O)c1ccc2c(c1)OCO2. The van der Waals surface area contributed by atoms with Crippen molar-refractivity contribution in [3.8, 4) is 17.2 Å². The van der Waals surface area contributed by atoms with Crippen LogP contribution in [0.25, 0.3) is 0 Å². The molecule has 1 unspecified atom stereocenters. The Morgan fingerprint density at radius 1 is 1.14 bits per heavy atom. The molecule has 0 saturated carbocycles. The van der Waals surface area contributed by atoms with Gasteiger partial charge in [0, 0.05) is 30.7 Å². The summed E-state index contributed by atoms with van der Waals surface area (Å²) in [4.78, 5) is 15.8. The maximum atomic E-state index is 14.3. The van der Waals surface area contributed by atoms with Crippen molar-refractivity contribution in [2.75, 3.05) is 33.1 Å². The van der Waals surface area contributed by atoms with E-state index in [9.17, 15) is 13.2 Å². The number of amides is 1. The minimum atomic E-state index is -4.02. The number of carbonyl (C=O) groups is 1. The minimum Gasteiger partial charge on any atom is -0.487 e. The van der Waals surface area contributed by atoms with E-state index in [-0.39, 0.29) is 56.1 Å². The molecule has 0 spiro atoms. The second-order valence-corrected chi connectivity index (χ2v) is 17.1. The highest BCUT2D eigenvalue weighted by Crippen LogP contribution is 2.40. The third-order valence-corrected chi connectivity index (χ3v) is 12.2. The predicted molar refractivity (Wildman–Crippen MR) is 184 cm³/mol. The molecular weight excluding hydrogens is 724 g/mol. The second-order valence-electron chi connectivity index (χ2n) is 13.8. The number of ether oxygens (including phenoxy) is 7. The smallest absolute Gasteiger partial charge is 0.412 e. The van der Waals surface area contributed by atoms with Gasteiger partial charge in [0.25, 0.3) is 0 Å². The predicted octanol–water partition coefficient (Wildman–Crippen LogP) is 5.09. The van der Waals surface area contributed by atoms with E-state index >= 15 is 0 Å². The molecule has 1 amide bonds. The number of aromatic nitrogens is 2. The number of benzene rings is 2. The summed E-state index contributed by atoms with van der Waals surface area (Å²) in [6, 6.07) is 11.5. The summed E-state index contributed by atoms with van der Waals surface area (Å²) in [6.07, 6.45) is -1.05. The molecule has 0 bridgehead atoms. The molecule has 0 aliphatic carbocycles. The van der Waals surface area contributed by atoms with Crippen LogP contribution in [-0.2, 0) is 42.0 Å². The van der Waals surface area contributed by atoms with Crippen LogP contribution in [0.4, 0.5) is 4.79 Å². The zero-order valence-electron chi connectivity index (χ0n) is 28.7. The summed E-state index contributed by atoms with van der Waals surface area (Å²) in [5.41, 5.74) is 0.304. The Morgan fingerprint density at radius 2 is 1.92 bits per heavy atom. The lowest BCUT2D eigenvalue weighted by Crippen LogP contribution is -2.51. The van der Waals surface area contributed by atoms with E-state index in [1.165, 1.54) is 16.4 Å². The number of hydrogen-bond acceptors (Lipinski definition) is 13. The van der Waals surface area contributed by atoms with Gasteiger partial charge in [0.1, 0.15) is 34.2 Å². The van der Waals surface area contributed by atoms with Crippen LogP contribution in [0.2, 0.25) is 4.34 Å². The number of sulfonamides is 1. The number of hydrogen-bond donors (Lipinski definition) is 0. The summed E-state index contributed by atoms with van der Waals surface area (Å²) >= 11 is 7.22. The van der Waals surface area contributed by atoms with Crippen LogP contribution in [0, 0.1) is 11.8 Å². The monoisotopic (exact) mass is 764 g/mol. The zero-order valence-corrected chi connectivity index (χ0v) is 31.1. The summed E-state index contributed by atoms with van der Waals surface area (Å²) in [5, 5.41) is 3.99. The Labute approximate surface area is 306 Å². The number of carbonyl (C=O) groups excluding carboxylic acids is 1. The molecule has 1 aromatic heterocycles. The molecule has 14 nitrogen and oxygen atoms in total. The molecule has 276 valence electrons. The van der Waals surface area contributed by atoms with Gasteiger partial charge in [0.2, 0.25) is 16.8 Å². The first-order valence-corrected chi connectivity index (χ1v) is 19.5. The molecule has 4 aliphatic rings. The third kappa shape index (κ3) is 7.63. The van der Waals surface area contributed by atoms with Crippen LogP contribution in [0.15, 0.2) is 47.4 Å². The van der Waals surface area contributed by atoms with Gasteiger partial charge in [-0.25, -0.2) is 13.2 Å². The Kier molecular flexibility index (Phi) is 10.4. The Bertz CT molecular complexity index is 1830. The summed E-state index contributed by atoms with van der Waals surface area (Å²) in [5.74, 6) is 1.41. The van der Waals surface area contributed by atoms with Crippen molar-refractivity contribution in [2.45, 2.75) is 82.3 Å². The highest BCUT2D eigenvalue weighted by Gasteiger charge is 2.53. The van der Waals surface area contributed by atoms with E-state index < -0.39 is 40.1 Å². The Morgan fingerprint density at radius 3 is 2.67 bits per heavy atom. The molecule has 5 heterocycles. The average molecular weight is 765 g/mol. The van der Waals surface area contributed by atoms with Gasteiger partial charge < -0.3 is 33.2 Å². The molecule has 3 saturated heterocycles. The highest BCUT2D eigenvalue weighted by atomic mass is 35.5. The molecule has 0 N–H and O–H groups in total. The van der Waals surface area contributed by atoms with Gasteiger partial charge >= 0.3 is 6.09 Å². The quantitative estimate of drug-likeness (QED) is 0.242. The van der Waals surface area contributed by atoms with Gasteiger partial charge in [-0.15, -0.1) is 5.10 Å². The molecular formula is C34H41ClN4O10S2. The average Bonchev–Trinajstić information content (AvgIpc) is 3.91. The maximum Gasteiger partial charge on any atom is 0.412 e. The van der Waals surface area contributed by atoms with Gasteiger partial charge in [0.15, 0.2) is 17.8 Å². The first-order valence-electron chi connectivity index (χ1n) is 16.9. The number of halogens is 1. The number of rotatable bonds is 12. The molecule has 5 atom stereocenters. The largest absolute Gasteiger partial charge is 0.487 e. The molecule has 51 heavy (non-hydrogen) atoms. The van der Waals surface area contributed by atoms with E-state index in [0.29, 0.717) is 40.3 Å². The van der Waals surface area contributed by atoms with E-state index in [4.69, 9.17) is 44.8 Å². The van der Waals surface area contributed by atoms with Crippen LogP contribution in [0.5, 0.6) is 17.2 Å². The summed E-state index contributed by atoms with van der Waals surface area (Å²) < 4.78 is 75.1. The van der Waals surface area contributed by atoms with E-state index in [2.05, 4.69) is 9.59 Å². The third-order valence-electron chi connectivity index (χ3n) is 9.40. The second kappa shape index (κ2) is 14.6. The fourth-order valence-corrected chi connectivity index (χ4v) is 9.24. The standard InChI is InChI=1S/C34H41ClN4O10S2/c1-20(2)15-38(51(41,42)23-9-10-27-28(14-23)47-19-46-27)16-29-26(13-21-5-7-22(8-6-21)44-17-25-31(35)50-37-36-25)39(34(3,4)49-29)33(40)48-30-18-45-32-24(30)11-12-43-32/h5-10,14,20,24,26,29-30,32H,11-13,15-19H2,1-4H3/t24?,26-,29+,30-,32+/m0/s1. The lowest BCUT2D eigenvalue weighted by molar-refractivity contribution is -0.0911. The first-order chi connectivity index (χ1) is 24.4. The molecule has 4 aliphatic heterocycles. The summed E-state index contributed by atoms with van der Waals surface area (Å²) in [6.45, 7) is 8.69. The van der Waals surface area contributed by atoms with Crippen molar-refractivity contribution >= 4 is 39.2 Å². The molecule has 17 heteroatoms. The van der Waals surface area contributed by atoms with Crippen molar-refractivity contribution in [3.05, 3.63) is 58.1 Å². The summed E-state index contributed by atoms with van der Waals surface area (Å²) in [7, 11) is -4.02. The highest BCUT2D eigenvalue weighted by molar-refractivity contribution is 7.89. The van der Waals surface area contributed by atoms with E-state index in [1.807, 2.05) is 38.1 Å². The minimum absolute atomic E-state index is 0.00542. The molecule has 3 fully saturated rings. The van der Waals surface area contributed by atoms with E-state index in [0.717, 1.165) is 23.5 Å². The maximum absolute atomic E-state index is 14.3. The van der Waals surface area contributed by atoms with Gasteiger partial charge in [-0.1, -0.05) is 42.1 Å². The van der Waals surface area contributed by atoms with Crippen molar-refractivity contribution in [1.29, 1.82) is 0 Å².